The number of sulfonamides is 1. The number of aromatic nitrogens is 7. The van der Waals surface area contributed by atoms with Gasteiger partial charge in [0.05, 0.1) is 16.3 Å². The number of rotatable bonds is 6. The zero-order valence-electron chi connectivity index (χ0n) is 16.7. The van der Waals surface area contributed by atoms with Crippen LogP contribution in [0, 0.1) is 6.92 Å². The predicted molar refractivity (Wildman–Crippen MR) is 109 cm³/mol. The maximum atomic E-state index is 13.2. The number of tetrazole rings is 1. The summed E-state index contributed by atoms with van der Waals surface area (Å²) in [7, 11) is -2.12. The summed E-state index contributed by atoms with van der Waals surface area (Å²) >= 11 is 0. The quantitative estimate of drug-likeness (QED) is 0.465. The Bertz CT molecular complexity index is 1240. The van der Waals surface area contributed by atoms with E-state index in [1.54, 1.807) is 36.3 Å². The molecule has 2 heterocycles. The van der Waals surface area contributed by atoms with Crippen LogP contribution in [-0.4, -0.2) is 54.7 Å². The van der Waals surface area contributed by atoms with Gasteiger partial charge in [-0.05, 0) is 65.7 Å². The Kier molecular flexibility index (Phi) is 5.14. The van der Waals surface area contributed by atoms with Crippen molar-refractivity contribution >= 4 is 10.0 Å². The van der Waals surface area contributed by atoms with Crippen molar-refractivity contribution < 1.29 is 8.42 Å². The zero-order valence-corrected chi connectivity index (χ0v) is 17.5. The van der Waals surface area contributed by atoms with Crippen molar-refractivity contribution in [1.29, 1.82) is 0 Å². The van der Waals surface area contributed by atoms with Crippen LogP contribution in [0.25, 0.3) is 11.4 Å². The normalized spacial score (nSPS) is 12.9. The van der Waals surface area contributed by atoms with Crippen molar-refractivity contribution in [3.63, 3.8) is 0 Å². The second kappa shape index (κ2) is 7.76. The molecule has 1 unspecified atom stereocenters. The van der Waals surface area contributed by atoms with E-state index in [0.29, 0.717) is 0 Å². The molecule has 0 fully saturated rings. The Morgan fingerprint density at radius 2 is 1.80 bits per heavy atom. The molecule has 2 aromatic carbocycles. The maximum Gasteiger partial charge on any atom is 0.243 e. The van der Waals surface area contributed by atoms with Gasteiger partial charge in [0.15, 0.2) is 0 Å². The average molecular weight is 424 g/mol. The summed E-state index contributed by atoms with van der Waals surface area (Å²) in [6, 6.07) is 12.1. The van der Waals surface area contributed by atoms with Crippen LogP contribution in [0.3, 0.4) is 0 Å². The van der Waals surface area contributed by atoms with E-state index in [2.05, 4.69) is 25.6 Å². The maximum absolute atomic E-state index is 13.2. The topological polar surface area (TPSA) is 112 Å². The predicted octanol–water partition coefficient (Wildman–Crippen LogP) is 1.93. The van der Waals surface area contributed by atoms with Gasteiger partial charge in [0.25, 0.3) is 0 Å². The molecule has 11 heteroatoms. The van der Waals surface area contributed by atoms with Crippen molar-refractivity contribution in [3.8, 4) is 11.4 Å². The first kappa shape index (κ1) is 19.9. The molecule has 0 spiro atoms. The van der Waals surface area contributed by atoms with E-state index in [0.717, 1.165) is 22.5 Å². The lowest BCUT2D eigenvalue weighted by molar-refractivity contribution is 0.398. The van der Waals surface area contributed by atoms with Gasteiger partial charge < -0.3 is 0 Å². The van der Waals surface area contributed by atoms with E-state index in [4.69, 9.17) is 0 Å². The number of hydrogen-bond donors (Lipinski definition) is 0. The van der Waals surface area contributed by atoms with Gasteiger partial charge in [-0.1, -0.05) is 12.1 Å². The monoisotopic (exact) mass is 424 g/mol. The molecule has 10 nitrogen and oxygen atoms in total. The largest absolute Gasteiger partial charge is 0.243 e. The highest BCUT2D eigenvalue weighted by atomic mass is 32.2. The van der Waals surface area contributed by atoms with E-state index in [1.165, 1.54) is 21.6 Å². The Balaban J connectivity index is 1.58. The van der Waals surface area contributed by atoms with Crippen LogP contribution in [0.2, 0.25) is 0 Å². The van der Waals surface area contributed by atoms with E-state index < -0.39 is 10.0 Å². The molecule has 0 radical (unpaired) electrons. The number of hydrogen-bond acceptors (Lipinski definition) is 7. The van der Waals surface area contributed by atoms with Gasteiger partial charge in [0.2, 0.25) is 10.0 Å². The smallest absolute Gasteiger partial charge is 0.223 e. The zero-order chi connectivity index (χ0) is 21.3. The van der Waals surface area contributed by atoms with Gasteiger partial charge in [-0.25, -0.2) is 22.8 Å². The van der Waals surface area contributed by atoms with Gasteiger partial charge in [0, 0.05) is 13.1 Å². The second-order valence-electron chi connectivity index (χ2n) is 6.83. The molecule has 4 rings (SSSR count). The lowest BCUT2D eigenvalue weighted by atomic mass is 10.1. The minimum atomic E-state index is -3.70. The molecule has 154 valence electrons. The fraction of sp³-hybridized carbons (Fsp3) is 0.211. The highest BCUT2D eigenvalue weighted by Gasteiger charge is 2.27. The van der Waals surface area contributed by atoms with Gasteiger partial charge in [-0.3, -0.25) is 0 Å². The van der Waals surface area contributed by atoms with Crippen molar-refractivity contribution in [2.24, 2.45) is 0 Å². The minimum absolute atomic E-state index is 0.213. The summed E-state index contributed by atoms with van der Waals surface area (Å²) in [4.78, 5) is 4.14. The Morgan fingerprint density at radius 1 is 1.03 bits per heavy atom. The third-order valence-electron chi connectivity index (χ3n) is 5.05. The first-order valence-corrected chi connectivity index (χ1v) is 10.6. The highest BCUT2D eigenvalue weighted by molar-refractivity contribution is 7.89. The Hall–Kier alpha value is -3.44. The van der Waals surface area contributed by atoms with Crippen LogP contribution in [0.5, 0.6) is 0 Å². The summed E-state index contributed by atoms with van der Waals surface area (Å²) in [5.41, 5.74) is 3.19. The van der Waals surface area contributed by atoms with Crippen LogP contribution >= 0.6 is 0 Å². The Labute approximate surface area is 173 Å². The molecule has 0 N–H and O–H groups in total. The van der Waals surface area contributed by atoms with Gasteiger partial charge in [-0.15, -0.1) is 5.10 Å². The van der Waals surface area contributed by atoms with Crippen LogP contribution in [0.15, 0.2) is 66.3 Å². The fourth-order valence-corrected chi connectivity index (χ4v) is 4.58. The van der Waals surface area contributed by atoms with Crippen LogP contribution in [0.1, 0.15) is 24.1 Å². The van der Waals surface area contributed by atoms with Crippen LogP contribution in [-0.2, 0) is 10.0 Å². The molecule has 0 amide bonds. The first-order chi connectivity index (χ1) is 14.4. The highest BCUT2D eigenvalue weighted by Crippen LogP contribution is 2.28. The molecule has 0 aliphatic heterocycles. The fourth-order valence-electron chi connectivity index (χ4n) is 3.15. The molecule has 4 aromatic rings. The van der Waals surface area contributed by atoms with Crippen molar-refractivity contribution in [2.75, 3.05) is 7.05 Å². The summed E-state index contributed by atoms with van der Waals surface area (Å²) in [6.45, 7) is 3.67. The molecule has 0 aliphatic rings. The molecular formula is C19H20N8O2S. The van der Waals surface area contributed by atoms with E-state index in [1.807, 2.05) is 38.1 Å². The number of nitrogens with zero attached hydrogens (tertiary/aromatic N) is 8. The molecule has 30 heavy (non-hydrogen) atoms. The molecule has 2 aromatic heterocycles. The number of aryl methyl sites for hydroxylation is 1. The molecule has 0 saturated carbocycles. The Morgan fingerprint density at radius 3 is 2.40 bits per heavy atom. The van der Waals surface area contributed by atoms with Gasteiger partial charge in [-0.2, -0.15) is 9.40 Å². The summed E-state index contributed by atoms with van der Waals surface area (Å²) < 4.78 is 30.9. The van der Waals surface area contributed by atoms with Crippen molar-refractivity contribution in [2.45, 2.75) is 24.8 Å². The van der Waals surface area contributed by atoms with Crippen LogP contribution in [0.4, 0.5) is 0 Å². The summed E-state index contributed by atoms with van der Waals surface area (Å²) in [6.07, 6.45) is 4.54. The van der Waals surface area contributed by atoms with Gasteiger partial charge >= 0.3 is 0 Å². The summed E-state index contributed by atoms with van der Waals surface area (Å²) in [5.74, 6) is 0. The molecular weight excluding hydrogens is 404 g/mol. The van der Waals surface area contributed by atoms with E-state index in [-0.39, 0.29) is 10.9 Å². The molecule has 0 bridgehead atoms. The lowest BCUT2D eigenvalue weighted by Crippen LogP contribution is -2.30. The van der Waals surface area contributed by atoms with E-state index in [9.17, 15) is 8.42 Å². The molecule has 1 atom stereocenters. The SMILES string of the molecule is Cc1cc(S(=O)(=O)N(C)C(C)c2ccc(-n3cncn3)cc2)ccc1-n1cnnn1. The second-order valence-corrected chi connectivity index (χ2v) is 8.83. The summed E-state index contributed by atoms with van der Waals surface area (Å²) in [5, 5.41) is 15.2. The third-order valence-corrected chi connectivity index (χ3v) is 6.97. The molecule has 0 aliphatic carbocycles. The minimum Gasteiger partial charge on any atom is -0.223 e. The van der Waals surface area contributed by atoms with Crippen LogP contribution < -0.4 is 0 Å². The average Bonchev–Trinajstić information content (AvgIpc) is 3.47. The number of benzene rings is 2. The van der Waals surface area contributed by atoms with Crippen molar-refractivity contribution in [1.82, 2.24) is 39.3 Å². The van der Waals surface area contributed by atoms with E-state index >= 15 is 0 Å². The van der Waals surface area contributed by atoms with Crippen molar-refractivity contribution in [3.05, 3.63) is 72.6 Å². The third kappa shape index (κ3) is 3.60. The first-order valence-electron chi connectivity index (χ1n) is 9.15. The molecule has 0 saturated heterocycles. The van der Waals surface area contributed by atoms with Gasteiger partial charge in [0.1, 0.15) is 19.0 Å². The standard InChI is InChI=1S/C19H20N8O2S/c1-14-10-18(8-9-19(14)27-13-21-23-24-27)30(28,29)25(3)15(2)16-4-6-17(7-5-16)26-12-20-11-22-26/h4-13,15H,1-3H3. The lowest BCUT2D eigenvalue weighted by Gasteiger charge is -2.25.